The van der Waals surface area contributed by atoms with E-state index in [1.54, 1.807) is 0 Å². The summed E-state index contributed by atoms with van der Waals surface area (Å²) in [4.78, 5) is 12.2. The van der Waals surface area contributed by atoms with Gasteiger partial charge in [0.15, 0.2) is 0 Å². The Morgan fingerprint density at radius 2 is 2.10 bits per heavy atom. The number of rotatable bonds is 5. The summed E-state index contributed by atoms with van der Waals surface area (Å²) >= 11 is 0. The second-order valence-electron chi connectivity index (χ2n) is 5.96. The summed E-state index contributed by atoms with van der Waals surface area (Å²) in [5.41, 5.74) is 2.68. The molecule has 1 aromatic carbocycles. The number of carbonyl (C=O) groups is 1. The third-order valence-corrected chi connectivity index (χ3v) is 5.40. The number of hydrogen-bond acceptors (Lipinski definition) is 3. The number of benzene rings is 1. The molecular formula is C15H20N2O3S. The van der Waals surface area contributed by atoms with E-state index in [2.05, 4.69) is 17.4 Å². The first-order valence-corrected chi connectivity index (χ1v) is 9.05. The molecule has 21 heavy (non-hydrogen) atoms. The van der Waals surface area contributed by atoms with E-state index in [4.69, 9.17) is 5.14 Å². The van der Waals surface area contributed by atoms with Gasteiger partial charge in [-0.2, -0.15) is 0 Å². The maximum atomic E-state index is 12.2. The molecule has 0 heterocycles. The van der Waals surface area contributed by atoms with E-state index < -0.39 is 10.0 Å². The molecule has 3 unspecified atom stereocenters. The molecule has 3 N–H and O–H groups in total. The Bertz CT molecular complexity index is 657. The van der Waals surface area contributed by atoms with Crippen molar-refractivity contribution in [3.05, 3.63) is 35.4 Å². The number of amides is 1. The zero-order chi connectivity index (χ0) is 15.0. The summed E-state index contributed by atoms with van der Waals surface area (Å²) in [5, 5.41) is 7.78. The average molecular weight is 308 g/mol. The van der Waals surface area contributed by atoms with Crippen LogP contribution < -0.4 is 10.5 Å². The summed E-state index contributed by atoms with van der Waals surface area (Å²) in [7, 11) is -3.44. The molecule has 2 aliphatic carbocycles. The monoisotopic (exact) mass is 308 g/mol. The summed E-state index contributed by atoms with van der Waals surface area (Å²) in [6.07, 6.45) is 2.48. The Morgan fingerprint density at radius 1 is 1.33 bits per heavy atom. The Balaban J connectivity index is 1.54. The van der Waals surface area contributed by atoms with Crippen LogP contribution in [0.3, 0.4) is 0 Å². The van der Waals surface area contributed by atoms with E-state index in [0.29, 0.717) is 24.8 Å². The van der Waals surface area contributed by atoms with Crippen molar-refractivity contribution in [1.29, 1.82) is 0 Å². The van der Waals surface area contributed by atoms with Crippen molar-refractivity contribution in [2.75, 3.05) is 12.3 Å². The van der Waals surface area contributed by atoms with E-state index >= 15 is 0 Å². The third-order valence-electron chi connectivity index (χ3n) is 4.54. The van der Waals surface area contributed by atoms with E-state index in [0.717, 1.165) is 12.8 Å². The minimum absolute atomic E-state index is 0.0520. The first-order chi connectivity index (χ1) is 9.97. The van der Waals surface area contributed by atoms with Crippen LogP contribution in [0.2, 0.25) is 0 Å². The van der Waals surface area contributed by atoms with Gasteiger partial charge in [-0.1, -0.05) is 24.3 Å². The summed E-state index contributed by atoms with van der Waals surface area (Å²) in [6, 6.07) is 8.34. The molecule has 114 valence electrons. The van der Waals surface area contributed by atoms with Crippen molar-refractivity contribution >= 4 is 15.9 Å². The van der Waals surface area contributed by atoms with Crippen molar-refractivity contribution in [3.8, 4) is 0 Å². The smallest absolute Gasteiger partial charge is 0.224 e. The molecule has 0 radical (unpaired) electrons. The fourth-order valence-electron chi connectivity index (χ4n) is 3.53. The number of carbonyl (C=O) groups excluding carboxylic acids is 1. The van der Waals surface area contributed by atoms with Gasteiger partial charge < -0.3 is 5.32 Å². The van der Waals surface area contributed by atoms with E-state index in [9.17, 15) is 13.2 Å². The molecule has 0 saturated heterocycles. The van der Waals surface area contributed by atoms with Crippen molar-refractivity contribution in [1.82, 2.24) is 5.32 Å². The van der Waals surface area contributed by atoms with Crippen LogP contribution >= 0.6 is 0 Å². The molecule has 0 aromatic heterocycles. The van der Waals surface area contributed by atoms with Crippen LogP contribution in [0, 0.1) is 11.8 Å². The number of aryl methyl sites for hydroxylation is 1. The van der Waals surface area contributed by atoms with E-state index in [-0.39, 0.29) is 17.6 Å². The van der Waals surface area contributed by atoms with Crippen molar-refractivity contribution < 1.29 is 13.2 Å². The van der Waals surface area contributed by atoms with E-state index in [1.807, 2.05) is 12.1 Å². The number of nitrogens with one attached hydrogen (secondary N) is 1. The average Bonchev–Trinajstić information content (AvgIpc) is 3.17. The predicted octanol–water partition coefficient (Wildman–Crippen LogP) is 0.757. The quantitative estimate of drug-likeness (QED) is 0.787. The molecule has 0 spiro atoms. The first kappa shape index (κ1) is 14.5. The zero-order valence-electron chi connectivity index (χ0n) is 11.8. The lowest BCUT2D eigenvalue weighted by Gasteiger charge is -2.13. The van der Waals surface area contributed by atoms with Gasteiger partial charge in [0.25, 0.3) is 0 Å². The van der Waals surface area contributed by atoms with Gasteiger partial charge in [-0.25, -0.2) is 13.6 Å². The molecule has 0 bridgehead atoms. The topological polar surface area (TPSA) is 89.3 Å². The van der Waals surface area contributed by atoms with Gasteiger partial charge in [0.2, 0.25) is 15.9 Å². The summed E-state index contributed by atoms with van der Waals surface area (Å²) < 4.78 is 21.7. The molecule has 1 aromatic rings. The Labute approximate surface area is 125 Å². The standard InChI is InChI=1S/C15H20N2O3S/c16-21(19,20)9-3-8-17-15(18)14-12-7-6-10-4-1-2-5-11(10)13(12)14/h1-2,4-5,12-14H,3,6-9H2,(H,17,18)(H2,16,19,20). The fourth-order valence-corrected chi connectivity index (χ4v) is 4.07. The third kappa shape index (κ3) is 3.11. The highest BCUT2D eigenvalue weighted by molar-refractivity contribution is 7.89. The van der Waals surface area contributed by atoms with Crippen LogP contribution in [0.25, 0.3) is 0 Å². The van der Waals surface area contributed by atoms with Gasteiger partial charge in [0.05, 0.1) is 5.75 Å². The van der Waals surface area contributed by atoms with Gasteiger partial charge in [-0.15, -0.1) is 0 Å². The van der Waals surface area contributed by atoms with Gasteiger partial charge in [-0.3, -0.25) is 4.79 Å². The lowest BCUT2D eigenvalue weighted by Crippen LogP contribution is -2.29. The molecule has 3 atom stereocenters. The van der Waals surface area contributed by atoms with Crippen LogP contribution in [-0.4, -0.2) is 26.6 Å². The predicted molar refractivity (Wildman–Crippen MR) is 80.1 cm³/mol. The molecule has 3 rings (SSSR count). The van der Waals surface area contributed by atoms with Gasteiger partial charge in [0.1, 0.15) is 0 Å². The Morgan fingerprint density at radius 3 is 2.86 bits per heavy atom. The maximum Gasteiger partial charge on any atom is 0.224 e. The Kier molecular flexibility index (Phi) is 3.75. The number of hydrogen-bond donors (Lipinski definition) is 2. The molecule has 5 nitrogen and oxygen atoms in total. The summed E-state index contributed by atoms with van der Waals surface area (Å²) in [5.74, 6) is 0.832. The lowest BCUT2D eigenvalue weighted by molar-refractivity contribution is -0.122. The molecule has 2 aliphatic rings. The van der Waals surface area contributed by atoms with Crippen LogP contribution in [-0.2, 0) is 21.2 Å². The number of nitrogens with two attached hydrogens (primary N) is 1. The SMILES string of the molecule is NS(=O)(=O)CCCNC(=O)C1C2CCc3ccccc3C21. The molecule has 0 aliphatic heterocycles. The Hall–Kier alpha value is -1.40. The van der Waals surface area contributed by atoms with Crippen LogP contribution in [0.15, 0.2) is 24.3 Å². The molecule has 1 saturated carbocycles. The zero-order valence-corrected chi connectivity index (χ0v) is 12.6. The first-order valence-electron chi connectivity index (χ1n) is 7.33. The van der Waals surface area contributed by atoms with Crippen LogP contribution in [0.4, 0.5) is 0 Å². The second-order valence-corrected chi connectivity index (χ2v) is 7.70. The lowest BCUT2D eigenvalue weighted by atomic mass is 9.92. The highest BCUT2D eigenvalue weighted by Gasteiger charge is 2.56. The highest BCUT2D eigenvalue weighted by Crippen LogP contribution is 2.59. The van der Waals surface area contributed by atoms with Crippen LogP contribution in [0.1, 0.15) is 29.9 Å². The highest BCUT2D eigenvalue weighted by atomic mass is 32.2. The molecule has 1 amide bonds. The van der Waals surface area contributed by atoms with Gasteiger partial charge in [-0.05, 0) is 42.2 Å². The number of sulfonamides is 1. The van der Waals surface area contributed by atoms with Crippen LogP contribution in [0.5, 0.6) is 0 Å². The van der Waals surface area contributed by atoms with Crippen molar-refractivity contribution in [3.63, 3.8) is 0 Å². The minimum Gasteiger partial charge on any atom is -0.356 e. The van der Waals surface area contributed by atoms with Crippen molar-refractivity contribution in [2.45, 2.75) is 25.2 Å². The molecule has 1 fully saturated rings. The van der Waals surface area contributed by atoms with Crippen molar-refractivity contribution in [2.24, 2.45) is 17.0 Å². The molecule has 6 heteroatoms. The number of primary sulfonamides is 1. The minimum atomic E-state index is -3.44. The summed E-state index contributed by atoms with van der Waals surface area (Å²) in [6.45, 7) is 0.368. The normalized spacial score (nSPS) is 26.6. The largest absolute Gasteiger partial charge is 0.356 e. The van der Waals surface area contributed by atoms with E-state index in [1.165, 1.54) is 11.1 Å². The maximum absolute atomic E-state index is 12.2. The van der Waals surface area contributed by atoms with Gasteiger partial charge in [0, 0.05) is 12.5 Å². The molecular weight excluding hydrogens is 288 g/mol. The van der Waals surface area contributed by atoms with Gasteiger partial charge >= 0.3 is 0 Å². The fraction of sp³-hybridized carbons (Fsp3) is 0.533. The second kappa shape index (κ2) is 5.42. The number of fused-ring (bicyclic) bond motifs is 3.